The van der Waals surface area contributed by atoms with Gasteiger partial charge in [0.1, 0.15) is 5.75 Å². The van der Waals surface area contributed by atoms with E-state index in [-0.39, 0.29) is 0 Å². The Morgan fingerprint density at radius 2 is 1.58 bits per heavy atom. The highest BCUT2D eigenvalue weighted by atomic mass is 16.5. The number of ether oxygens (including phenoxy) is 1. The van der Waals surface area contributed by atoms with Gasteiger partial charge in [0.05, 0.1) is 6.61 Å². The summed E-state index contributed by atoms with van der Waals surface area (Å²) in [4.78, 5) is 0. The quantitative estimate of drug-likeness (QED) is 0.514. The minimum Gasteiger partial charge on any atom is -0.494 e. The zero-order valence-electron chi connectivity index (χ0n) is 14.9. The third-order valence-electron chi connectivity index (χ3n) is 3.96. The van der Waals surface area contributed by atoms with Crippen LogP contribution in [0.2, 0.25) is 0 Å². The number of aromatic nitrogens is 4. The molecule has 3 rings (SSSR count). The van der Waals surface area contributed by atoms with E-state index in [1.807, 2.05) is 48.5 Å². The maximum Gasteiger partial charge on any atom is 0.204 e. The summed E-state index contributed by atoms with van der Waals surface area (Å²) in [5.74, 6) is 7.81. The van der Waals surface area contributed by atoms with Gasteiger partial charge >= 0.3 is 0 Å². The van der Waals surface area contributed by atoms with Crippen LogP contribution in [-0.4, -0.2) is 27.2 Å². The molecule has 2 aromatic carbocycles. The van der Waals surface area contributed by atoms with Crippen molar-refractivity contribution >= 4 is 0 Å². The lowest BCUT2D eigenvalue weighted by molar-refractivity contribution is 0.305. The number of hydrogen-bond donors (Lipinski definition) is 1. The average Bonchev–Trinajstić information content (AvgIpc) is 3.22. The Bertz CT molecular complexity index is 844. The molecule has 5 heteroatoms. The van der Waals surface area contributed by atoms with Gasteiger partial charge in [0.15, 0.2) is 0 Å². The maximum absolute atomic E-state index is 5.75. The SMILES string of the molecule is CCCCCCOc1ccc(C#Cc2ccc(-c3nn[nH]n3)cc2)cc1. The summed E-state index contributed by atoms with van der Waals surface area (Å²) in [7, 11) is 0. The van der Waals surface area contributed by atoms with Crippen LogP contribution in [0, 0.1) is 11.8 Å². The van der Waals surface area contributed by atoms with E-state index < -0.39 is 0 Å². The molecule has 0 aliphatic rings. The summed E-state index contributed by atoms with van der Waals surface area (Å²) in [5, 5.41) is 13.9. The van der Waals surface area contributed by atoms with Crippen molar-refractivity contribution in [3.05, 3.63) is 59.7 Å². The molecule has 0 saturated carbocycles. The van der Waals surface area contributed by atoms with Crippen LogP contribution in [-0.2, 0) is 0 Å². The monoisotopic (exact) mass is 346 g/mol. The summed E-state index contributed by atoms with van der Waals surface area (Å²) in [6.45, 7) is 2.99. The average molecular weight is 346 g/mol. The third kappa shape index (κ3) is 5.18. The lowest BCUT2D eigenvalue weighted by Gasteiger charge is -2.05. The maximum atomic E-state index is 5.75. The van der Waals surface area contributed by atoms with Crippen molar-refractivity contribution in [3.63, 3.8) is 0 Å². The lowest BCUT2D eigenvalue weighted by atomic mass is 10.1. The van der Waals surface area contributed by atoms with Crippen molar-refractivity contribution in [3.8, 4) is 29.0 Å². The molecule has 0 radical (unpaired) electrons. The van der Waals surface area contributed by atoms with Crippen LogP contribution >= 0.6 is 0 Å². The third-order valence-corrected chi connectivity index (χ3v) is 3.96. The number of benzene rings is 2. The first-order valence-electron chi connectivity index (χ1n) is 8.94. The standard InChI is InChI=1S/C21H22N4O/c1-2-3-4-5-16-26-20-14-10-18(11-15-20)7-6-17-8-12-19(13-9-17)21-22-24-25-23-21/h8-15H,2-5,16H2,1H3,(H,22,23,24,25). The molecule has 0 bridgehead atoms. The van der Waals surface area contributed by atoms with Crippen molar-refractivity contribution in [1.29, 1.82) is 0 Å². The molecule has 0 aliphatic carbocycles. The zero-order valence-corrected chi connectivity index (χ0v) is 14.9. The highest BCUT2D eigenvalue weighted by molar-refractivity contribution is 5.56. The van der Waals surface area contributed by atoms with Gasteiger partial charge in [0, 0.05) is 16.7 Å². The number of H-pyrrole nitrogens is 1. The highest BCUT2D eigenvalue weighted by Gasteiger charge is 2.01. The van der Waals surface area contributed by atoms with Gasteiger partial charge in [-0.2, -0.15) is 5.21 Å². The van der Waals surface area contributed by atoms with E-state index in [9.17, 15) is 0 Å². The molecule has 0 amide bonds. The van der Waals surface area contributed by atoms with Gasteiger partial charge in [0.2, 0.25) is 5.82 Å². The minimum atomic E-state index is 0.579. The fourth-order valence-electron chi connectivity index (χ4n) is 2.48. The number of tetrazole rings is 1. The second-order valence-corrected chi connectivity index (χ2v) is 6.00. The molecular formula is C21H22N4O. The van der Waals surface area contributed by atoms with Crippen LogP contribution in [0.25, 0.3) is 11.4 Å². The van der Waals surface area contributed by atoms with Gasteiger partial charge < -0.3 is 4.74 Å². The first kappa shape index (κ1) is 17.7. The number of nitrogens with one attached hydrogen (secondary N) is 1. The van der Waals surface area contributed by atoms with Crippen LogP contribution in [0.5, 0.6) is 5.75 Å². The van der Waals surface area contributed by atoms with Crippen molar-refractivity contribution in [2.75, 3.05) is 6.61 Å². The normalized spacial score (nSPS) is 10.2. The predicted octanol–water partition coefficient (Wildman–Crippen LogP) is 4.23. The molecular weight excluding hydrogens is 324 g/mol. The number of aromatic amines is 1. The van der Waals surface area contributed by atoms with Gasteiger partial charge in [-0.25, -0.2) is 0 Å². The predicted molar refractivity (Wildman–Crippen MR) is 102 cm³/mol. The summed E-state index contributed by atoms with van der Waals surface area (Å²) in [6.07, 6.45) is 4.85. The molecule has 5 nitrogen and oxygen atoms in total. The Hall–Kier alpha value is -3.13. The van der Waals surface area contributed by atoms with Gasteiger partial charge in [-0.15, -0.1) is 10.2 Å². The molecule has 3 aromatic rings. The second kappa shape index (κ2) is 9.38. The van der Waals surface area contributed by atoms with Gasteiger partial charge in [-0.3, -0.25) is 0 Å². The van der Waals surface area contributed by atoms with Crippen LogP contribution in [0.1, 0.15) is 43.7 Å². The second-order valence-electron chi connectivity index (χ2n) is 6.00. The Balaban J connectivity index is 1.54. The first-order valence-corrected chi connectivity index (χ1v) is 8.94. The molecule has 0 fully saturated rings. The van der Waals surface area contributed by atoms with E-state index in [4.69, 9.17) is 4.74 Å². The molecule has 0 spiro atoms. The Morgan fingerprint density at radius 1 is 0.885 bits per heavy atom. The number of hydrogen-bond acceptors (Lipinski definition) is 4. The van der Waals surface area contributed by atoms with Crippen molar-refractivity contribution < 1.29 is 4.74 Å². The largest absolute Gasteiger partial charge is 0.494 e. The minimum absolute atomic E-state index is 0.579. The Labute approximate surface area is 153 Å². The molecule has 26 heavy (non-hydrogen) atoms. The van der Waals surface area contributed by atoms with Crippen LogP contribution in [0.3, 0.4) is 0 Å². The molecule has 1 N–H and O–H groups in total. The van der Waals surface area contributed by atoms with Crippen LogP contribution in [0.4, 0.5) is 0 Å². The number of unbranched alkanes of at least 4 members (excludes halogenated alkanes) is 3. The molecule has 1 aromatic heterocycles. The summed E-state index contributed by atoms with van der Waals surface area (Å²) in [6, 6.07) is 15.7. The summed E-state index contributed by atoms with van der Waals surface area (Å²) in [5.41, 5.74) is 2.81. The van der Waals surface area contributed by atoms with Gasteiger partial charge in [0.25, 0.3) is 0 Å². The van der Waals surface area contributed by atoms with Crippen LogP contribution < -0.4 is 4.74 Å². The molecule has 0 aliphatic heterocycles. The molecule has 132 valence electrons. The van der Waals surface area contributed by atoms with E-state index in [2.05, 4.69) is 39.4 Å². The fraction of sp³-hybridized carbons (Fsp3) is 0.286. The Kier molecular flexibility index (Phi) is 6.38. The summed E-state index contributed by atoms with van der Waals surface area (Å²) >= 11 is 0. The first-order chi connectivity index (χ1) is 12.8. The highest BCUT2D eigenvalue weighted by Crippen LogP contribution is 2.14. The fourth-order valence-corrected chi connectivity index (χ4v) is 2.48. The molecule has 1 heterocycles. The van der Waals surface area contributed by atoms with E-state index in [0.29, 0.717) is 5.82 Å². The van der Waals surface area contributed by atoms with Crippen molar-refractivity contribution in [2.24, 2.45) is 0 Å². The molecule has 0 saturated heterocycles. The molecule has 0 unspecified atom stereocenters. The van der Waals surface area contributed by atoms with Crippen molar-refractivity contribution in [1.82, 2.24) is 20.6 Å². The number of nitrogens with zero attached hydrogens (tertiary/aromatic N) is 3. The van der Waals surface area contributed by atoms with Gasteiger partial charge in [-0.1, -0.05) is 38.0 Å². The van der Waals surface area contributed by atoms with E-state index in [1.54, 1.807) is 0 Å². The van der Waals surface area contributed by atoms with Crippen LogP contribution in [0.15, 0.2) is 48.5 Å². The van der Waals surface area contributed by atoms with E-state index in [1.165, 1.54) is 19.3 Å². The summed E-state index contributed by atoms with van der Waals surface area (Å²) < 4.78 is 5.75. The zero-order chi connectivity index (χ0) is 18.0. The van der Waals surface area contributed by atoms with E-state index >= 15 is 0 Å². The topological polar surface area (TPSA) is 63.7 Å². The lowest BCUT2D eigenvalue weighted by Crippen LogP contribution is -1.96. The van der Waals surface area contributed by atoms with E-state index in [0.717, 1.165) is 35.5 Å². The number of rotatable bonds is 7. The van der Waals surface area contributed by atoms with Gasteiger partial charge in [-0.05, 0) is 60.2 Å². The Morgan fingerprint density at radius 3 is 2.19 bits per heavy atom. The molecule has 0 atom stereocenters. The van der Waals surface area contributed by atoms with Crippen molar-refractivity contribution in [2.45, 2.75) is 32.6 Å². The smallest absolute Gasteiger partial charge is 0.204 e.